The zero-order valence-electron chi connectivity index (χ0n) is 12.9. The molecule has 112 valence electrons. The van der Waals surface area contributed by atoms with Crippen LogP contribution in [0.25, 0.3) is 0 Å². The van der Waals surface area contributed by atoms with Gasteiger partial charge < -0.3 is 10.1 Å². The first kappa shape index (κ1) is 15.9. The fraction of sp³-hybridized carbons (Fsp3) is 0.333. The summed E-state index contributed by atoms with van der Waals surface area (Å²) in [7, 11) is 1.69. The second-order valence-corrected chi connectivity index (χ2v) is 6.03. The van der Waals surface area contributed by atoms with Crippen molar-refractivity contribution in [2.75, 3.05) is 13.7 Å². The van der Waals surface area contributed by atoms with Gasteiger partial charge >= 0.3 is 0 Å². The zero-order chi connectivity index (χ0) is 15.1. The number of rotatable bonds is 7. The van der Waals surface area contributed by atoms with Gasteiger partial charge in [0.15, 0.2) is 0 Å². The number of hydrogen-bond acceptors (Lipinski definition) is 3. The standard InChI is InChI=1S/C18H23NOS/c1-4-19-14(2)16-7-11-18(12-8-16)21-13-15-5-9-17(20-3)10-6-15/h5-12,14,19H,4,13H2,1-3H3. The second-order valence-electron chi connectivity index (χ2n) is 4.99. The average Bonchev–Trinajstić information content (AvgIpc) is 2.54. The van der Waals surface area contributed by atoms with Gasteiger partial charge in [0.05, 0.1) is 7.11 Å². The van der Waals surface area contributed by atoms with Crippen molar-refractivity contribution in [1.82, 2.24) is 5.32 Å². The van der Waals surface area contributed by atoms with Crippen LogP contribution in [0.1, 0.15) is 31.0 Å². The van der Waals surface area contributed by atoms with Gasteiger partial charge in [-0.05, 0) is 48.9 Å². The first-order chi connectivity index (χ1) is 10.2. The summed E-state index contributed by atoms with van der Waals surface area (Å²) in [5, 5.41) is 3.43. The third-order valence-electron chi connectivity index (χ3n) is 3.45. The molecule has 0 bridgehead atoms. The fourth-order valence-electron chi connectivity index (χ4n) is 2.17. The molecule has 2 aromatic rings. The summed E-state index contributed by atoms with van der Waals surface area (Å²) >= 11 is 1.86. The number of benzene rings is 2. The number of methoxy groups -OCH3 is 1. The Balaban J connectivity index is 1.90. The molecule has 0 heterocycles. The highest BCUT2D eigenvalue weighted by Gasteiger charge is 2.03. The largest absolute Gasteiger partial charge is 0.497 e. The van der Waals surface area contributed by atoms with Crippen LogP contribution in [0, 0.1) is 0 Å². The highest BCUT2D eigenvalue weighted by molar-refractivity contribution is 7.98. The predicted octanol–water partition coefficient (Wildman–Crippen LogP) is 4.66. The van der Waals surface area contributed by atoms with Crippen LogP contribution in [0.2, 0.25) is 0 Å². The molecule has 0 saturated carbocycles. The summed E-state index contributed by atoms with van der Waals surface area (Å²) < 4.78 is 5.17. The number of thioether (sulfide) groups is 1. The summed E-state index contributed by atoms with van der Waals surface area (Å²) in [5.41, 5.74) is 2.65. The molecule has 1 atom stereocenters. The molecule has 3 heteroatoms. The first-order valence-electron chi connectivity index (χ1n) is 7.32. The van der Waals surface area contributed by atoms with E-state index in [-0.39, 0.29) is 0 Å². The van der Waals surface area contributed by atoms with Gasteiger partial charge in [-0.1, -0.05) is 31.2 Å². The van der Waals surface area contributed by atoms with Crippen molar-refractivity contribution < 1.29 is 4.74 Å². The third-order valence-corrected chi connectivity index (χ3v) is 4.54. The van der Waals surface area contributed by atoms with Crippen molar-refractivity contribution in [2.24, 2.45) is 0 Å². The van der Waals surface area contributed by atoms with E-state index in [0.29, 0.717) is 6.04 Å². The highest BCUT2D eigenvalue weighted by Crippen LogP contribution is 2.25. The van der Waals surface area contributed by atoms with E-state index in [1.165, 1.54) is 16.0 Å². The van der Waals surface area contributed by atoms with Crippen molar-refractivity contribution in [2.45, 2.75) is 30.5 Å². The summed E-state index contributed by atoms with van der Waals surface area (Å²) in [6.45, 7) is 5.33. The minimum atomic E-state index is 0.413. The Kier molecular flexibility index (Phi) is 6.15. The van der Waals surface area contributed by atoms with E-state index in [1.54, 1.807) is 7.11 Å². The van der Waals surface area contributed by atoms with E-state index in [9.17, 15) is 0 Å². The van der Waals surface area contributed by atoms with E-state index in [0.717, 1.165) is 18.0 Å². The van der Waals surface area contributed by atoms with E-state index in [2.05, 4.69) is 55.6 Å². The average molecular weight is 301 g/mol. The van der Waals surface area contributed by atoms with E-state index in [4.69, 9.17) is 4.74 Å². The van der Waals surface area contributed by atoms with Crippen LogP contribution < -0.4 is 10.1 Å². The molecule has 0 saturated heterocycles. The van der Waals surface area contributed by atoms with Crippen LogP contribution in [0.15, 0.2) is 53.4 Å². The topological polar surface area (TPSA) is 21.3 Å². The molecule has 0 amide bonds. The summed E-state index contributed by atoms with van der Waals surface area (Å²) in [6.07, 6.45) is 0. The monoisotopic (exact) mass is 301 g/mol. The molecule has 1 N–H and O–H groups in total. The molecule has 1 unspecified atom stereocenters. The van der Waals surface area contributed by atoms with Crippen LogP contribution in [-0.2, 0) is 5.75 Å². The van der Waals surface area contributed by atoms with Gasteiger partial charge in [0, 0.05) is 16.7 Å². The molecule has 2 rings (SSSR count). The summed E-state index contributed by atoms with van der Waals surface area (Å²) in [4.78, 5) is 1.30. The number of ether oxygens (including phenoxy) is 1. The molecular weight excluding hydrogens is 278 g/mol. The van der Waals surface area contributed by atoms with E-state index in [1.807, 2.05) is 23.9 Å². The Bertz CT molecular complexity index is 536. The normalized spacial score (nSPS) is 12.1. The lowest BCUT2D eigenvalue weighted by Crippen LogP contribution is -2.17. The minimum Gasteiger partial charge on any atom is -0.497 e. The summed E-state index contributed by atoms with van der Waals surface area (Å²) in [5.74, 6) is 1.89. The van der Waals surface area contributed by atoms with Crippen LogP contribution in [0.5, 0.6) is 5.75 Å². The lowest BCUT2D eigenvalue weighted by Gasteiger charge is -2.13. The van der Waals surface area contributed by atoms with E-state index < -0.39 is 0 Å². The Morgan fingerprint density at radius 3 is 2.29 bits per heavy atom. The van der Waals surface area contributed by atoms with Gasteiger partial charge in [0.1, 0.15) is 5.75 Å². The maximum Gasteiger partial charge on any atom is 0.118 e. The Morgan fingerprint density at radius 2 is 1.71 bits per heavy atom. The highest BCUT2D eigenvalue weighted by atomic mass is 32.2. The third kappa shape index (κ3) is 4.80. The van der Waals surface area contributed by atoms with Crippen LogP contribution in [0.3, 0.4) is 0 Å². The van der Waals surface area contributed by atoms with Crippen molar-refractivity contribution >= 4 is 11.8 Å². The molecule has 0 aliphatic heterocycles. The smallest absolute Gasteiger partial charge is 0.118 e. The molecular formula is C18H23NOS. The van der Waals surface area contributed by atoms with Crippen molar-refractivity contribution in [3.05, 3.63) is 59.7 Å². The molecule has 0 aliphatic carbocycles. The Morgan fingerprint density at radius 1 is 1.05 bits per heavy atom. The lowest BCUT2D eigenvalue weighted by atomic mass is 10.1. The molecule has 0 spiro atoms. The minimum absolute atomic E-state index is 0.413. The maximum absolute atomic E-state index is 5.17. The van der Waals surface area contributed by atoms with E-state index >= 15 is 0 Å². The Hall–Kier alpha value is -1.45. The lowest BCUT2D eigenvalue weighted by molar-refractivity contribution is 0.414. The van der Waals surface area contributed by atoms with Gasteiger partial charge in [0.25, 0.3) is 0 Å². The summed E-state index contributed by atoms with van der Waals surface area (Å²) in [6, 6.07) is 17.5. The van der Waals surface area contributed by atoms with Gasteiger partial charge in [-0.2, -0.15) is 0 Å². The van der Waals surface area contributed by atoms with Gasteiger partial charge in [-0.3, -0.25) is 0 Å². The first-order valence-corrected chi connectivity index (χ1v) is 8.30. The van der Waals surface area contributed by atoms with Crippen LogP contribution in [-0.4, -0.2) is 13.7 Å². The molecule has 0 fully saturated rings. The molecule has 0 aromatic heterocycles. The Labute approximate surface area is 131 Å². The number of hydrogen-bond donors (Lipinski definition) is 1. The van der Waals surface area contributed by atoms with Crippen LogP contribution in [0.4, 0.5) is 0 Å². The van der Waals surface area contributed by atoms with Gasteiger partial charge in [-0.25, -0.2) is 0 Å². The van der Waals surface area contributed by atoms with Gasteiger partial charge in [0.2, 0.25) is 0 Å². The van der Waals surface area contributed by atoms with Crippen molar-refractivity contribution in [3.63, 3.8) is 0 Å². The van der Waals surface area contributed by atoms with Crippen LogP contribution >= 0.6 is 11.8 Å². The quantitative estimate of drug-likeness (QED) is 0.752. The predicted molar refractivity (Wildman–Crippen MR) is 91.1 cm³/mol. The molecule has 0 aliphatic rings. The number of nitrogens with one attached hydrogen (secondary N) is 1. The fourth-order valence-corrected chi connectivity index (χ4v) is 3.02. The van der Waals surface area contributed by atoms with Crippen molar-refractivity contribution in [1.29, 1.82) is 0 Å². The molecule has 0 radical (unpaired) electrons. The van der Waals surface area contributed by atoms with Crippen molar-refractivity contribution in [3.8, 4) is 5.75 Å². The zero-order valence-corrected chi connectivity index (χ0v) is 13.7. The maximum atomic E-state index is 5.17. The molecule has 2 nitrogen and oxygen atoms in total. The molecule has 21 heavy (non-hydrogen) atoms. The SMILES string of the molecule is CCNC(C)c1ccc(SCc2ccc(OC)cc2)cc1. The second kappa shape index (κ2) is 8.11. The van der Waals surface area contributed by atoms with Gasteiger partial charge in [-0.15, -0.1) is 11.8 Å². The molecule has 2 aromatic carbocycles.